The Morgan fingerprint density at radius 1 is 1.54 bits per heavy atom. The SMILES string of the molecule is N#Cc1cc(F)ccc1CN1CCCC(c2[nH]ncc2C(N)=O)C1. The molecule has 1 aliphatic heterocycles. The molecule has 0 saturated carbocycles. The van der Waals surface area contributed by atoms with E-state index in [2.05, 4.69) is 15.1 Å². The van der Waals surface area contributed by atoms with Crippen LogP contribution in [0.2, 0.25) is 0 Å². The van der Waals surface area contributed by atoms with Crippen molar-refractivity contribution in [3.05, 3.63) is 52.6 Å². The molecule has 1 atom stereocenters. The molecule has 2 heterocycles. The Labute approximate surface area is 139 Å². The summed E-state index contributed by atoms with van der Waals surface area (Å²) in [5.41, 5.74) is 7.76. The Kier molecular flexibility index (Phi) is 4.58. The van der Waals surface area contributed by atoms with Gasteiger partial charge >= 0.3 is 0 Å². The van der Waals surface area contributed by atoms with Crippen LogP contribution in [0.3, 0.4) is 0 Å². The first kappa shape index (κ1) is 16.1. The number of benzene rings is 1. The fraction of sp³-hybridized carbons (Fsp3) is 0.353. The Morgan fingerprint density at radius 2 is 2.38 bits per heavy atom. The molecule has 1 fully saturated rings. The summed E-state index contributed by atoms with van der Waals surface area (Å²) in [4.78, 5) is 13.7. The van der Waals surface area contributed by atoms with Gasteiger partial charge in [-0.25, -0.2) is 4.39 Å². The molecule has 7 heteroatoms. The highest BCUT2D eigenvalue weighted by Crippen LogP contribution is 2.28. The fourth-order valence-electron chi connectivity index (χ4n) is 3.27. The van der Waals surface area contributed by atoms with Crippen molar-refractivity contribution in [3.63, 3.8) is 0 Å². The number of rotatable bonds is 4. The molecule has 3 rings (SSSR count). The molecule has 0 radical (unpaired) electrons. The van der Waals surface area contributed by atoms with Crippen LogP contribution in [0, 0.1) is 17.1 Å². The van der Waals surface area contributed by atoms with Gasteiger partial charge in [0.05, 0.1) is 29.1 Å². The Balaban J connectivity index is 1.76. The number of aromatic amines is 1. The highest BCUT2D eigenvalue weighted by Gasteiger charge is 2.26. The van der Waals surface area contributed by atoms with Crippen molar-refractivity contribution in [3.8, 4) is 6.07 Å². The van der Waals surface area contributed by atoms with Crippen LogP contribution < -0.4 is 5.73 Å². The molecule has 0 bridgehead atoms. The number of hydrogen-bond acceptors (Lipinski definition) is 4. The van der Waals surface area contributed by atoms with Crippen LogP contribution >= 0.6 is 0 Å². The molecular formula is C17H18FN5O. The van der Waals surface area contributed by atoms with Crippen LogP contribution in [0.1, 0.15) is 45.9 Å². The lowest BCUT2D eigenvalue weighted by atomic mass is 9.92. The van der Waals surface area contributed by atoms with Gasteiger partial charge in [-0.1, -0.05) is 6.07 Å². The third-order valence-electron chi connectivity index (χ3n) is 4.43. The van der Waals surface area contributed by atoms with Crippen LogP contribution in [0.25, 0.3) is 0 Å². The molecule has 1 saturated heterocycles. The van der Waals surface area contributed by atoms with E-state index in [1.807, 2.05) is 6.07 Å². The number of H-pyrrole nitrogens is 1. The van der Waals surface area contributed by atoms with Crippen molar-refractivity contribution >= 4 is 5.91 Å². The zero-order valence-corrected chi connectivity index (χ0v) is 13.1. The average Bonchev–Trinajstić information content (AvgIpc) is 3.07. The summed E-state index contributed by atoms with van der Waals surface area (Å²) < 4.78 is 13.3. The Morgan fingerprint density at radius 3 is 3.12 bits per heavy atom. The van der Waals surface area contributed by atoms with Crippen molar-refractivity contribution in [1.82, 2.24) is 15.1 Å². The van der Waals surface area contributed by atoms with Crippen molar-refractivity contribution in [2.45, 2.75) is 25.3 Å². The first-order valence-corrected chi connectivity index (χ1v) is 7.82. The number of nitriles is 1. The molecule has 1 aromatic heterocycles. The minimum atomic E-state index is -0.485. The van der Waals surface area contributed by atoms with Gasteiger partial charge in [0.25, 0.3) is 5.91 Å². The average molecular weight is 327 g/mol. The monoisotopic (exact) mass is 327 g/mol. The summed E-state index contributed by atoms with van der Waals surface area (Å²) in [5.74, 6) is -0.758. The van der Waals surface area contributed by atoms with Crippen molar-refractivity contribution < 1.29 is 9.18 Å². The quantitative estimate of drug-likeness (QED) is 0.896. The predicted octanol–water partition coefficient (Wildman–Crippen LogP) is 1.90. The third-order valence-corrected chi connectivity index (χ3v) is 4.43. The van der Waals surface area contributed by atoms with Crippen molar-refractivity contribution in [1.29, 1.82) is 5.26 Å². The molecule has 1 aliphatic rings. The standard InChI is InChI=1S/C17H18FN5O/c18-14-4-3-11(13(6-14)7-19)9-23-5-1-2-12(10-23)16-15(17(20)24)8-21-22-16/h3-4,6,8,12H,1-2,5,9-10H2,(H2,20,24)(H,21,22). The molecule has 1 aromatic carbocycles. The van der Waals surface area contributed by atoms with Crippen molar-refractivity contribution in [2.75, 3.05) is 13.1 Å². The predicted molar refractivity (Wildman–Crippen MR) is 85.5 cm³/mol. The first-order valence-electron chi connectivity index (χ1n) is 7.82. The summed E-state index contributed by atoms with van der Waals surface area (Å²) in [6.45, 7) is 2.18. The van der Waals surface area contributed by atoms with Gasteiger partial charge in [-0.3, -0.25) is 14.8 Å². The maximum Gasteiger partial charge on any atom is 0.252 e. The molecule has 0 spiro atoms. The smallest absolute Gasteiger partial charge is 0.252 e. The molecule has 6 nitrogen and oxygen atoms in total. The number of carbonyl (C=O) groups is 1. The van der Waals surface area contributed by atoms with Gasteiger partial charge < -0.3 is 5.73 Å². The normalized spacial score (nSPS) is 18.2. The van der Waals surface area contributed by atoms with E-state index in [-0.39, 0.29) is 5.92 Å². The number of piperidine rings is 1. The number of nitrogens with zero attached hydrogens (tertiary/aromatic N) is 3. The van der Waals surface area contributed by atoms with Gasteiger partial charge in [0.1, 0.15) is 5.82 Å². The maximum atomic E-state index is 13.3. The fourth-order valence-corrected chi connectivity index (χ4v) is 3.27. The number of nitrogens with two attached hydrogens (primary N) is 1. The maximum absolute atomic E-state index is 13.3. The summed E-state index contributed by atoms with van der Waals surface area (Å²) in [6, 6.07) is 6.33. The number of hydrogen-bond donors (Lipinski definition) is 2. The molecule has 1 amide bonds. The lowest BCUT2D eigenvalue weighted by molar-refractivity contribution is 0.0997. The number of aromatic nitrogens is 2. The molecule has 124 valence electrons. The second kappa shape index (κ2) is 6.81. The van der Waals surface area contributed by atoms with Crippen LogP contribution in [-0.2, 0) is 6.54 Å². The summed E-state index contributed by atoms with van der Waals surface area (Å²) in [6.07, 6.45) is 3.36. The summed E-state index contributed by atoms with van der Waals surface area (Å²) >= 11 is 0. The van der Waals surface area contributed by atoms with Gasteiger partial charge in [0.2, 0.25) is 0 Å². The summed E-state index contributed by atoms with van der Waals surface area (Å²) in [7, 11) is 0. The van der Waals surface area contributed by atoms with Crippen LogP contribution in [0.5, 0.6) is 0 Å². The molecule has 3 N–H and O–H groups in total. The molecule has 0 aliphatic carbocycles. The van der Waals surface area contributed by atoms with Gasteiger partial charge in [0.15, 0.2) is 0 Å². The molecular weight excluding hydrogens is 309 g/mol. The third kappa shape index (κ3) is 3.29. The largest absolute Gasteiger partial charge is 0.365 e. The second-order valence-electron chi connectivity index (χ2n) is 6.05. The number of likely N-dealkylation sites (tertiary alicyclic amines) is 1. The highest BCUT2D eigenvalue weighted by molar-refractivity contribution is 5.93. The van der Waals surface area contributed by atoms with E-state index >= 15 is 0 Å². The lowest BCUT2D eigenvalue weighted by Crippen LogP contribution is -2.35. The zero-order chi connectivity index (χ0) is 17.1. The number of halogens is 1. The number of carbonyl (C=O) groups excluding carboxylic acids is 1. The minimum Gasteiger partial charge on any atom is -0.365 e. The zero-order valence-electron chi connectivity index (χ0n) is 13.1. The van der Waals surface area contributed by atoms with E-state index in [4.69, 9.17) is 5.73 Å². The van der Waals surface area contributed by atoms with Gasteiger partial charge in [-0.15, -0.1) is 0 Å². The van der Waals surface area contributed by atoms with E-state index in [0.717, 1.165) is 37.2 Å². The molecule has 24 heavy (non-hydrogen) atoms. The van der Waals surface area contributed by atoms with Gasteiger partial charge in [-0.05, 0) is 37.1 Å². The van der Waals surface area contributed by atoms with E-state index in [1.165, 1.54) is 18.3 Å². The summed E-state index contributed by atoms with van der Waals surface area (Å²) in [5, 5.41) is 16.0. The Hall–Kier alpha value is -2.72. The van der Waals surface area contributed by atoms with Gasteiger partial charge in [-0.2, -0.15) is 10.4 Å². The first-order chi connectivity index (χ1) is 11.6. The van der Waals surface area contributed by atoms with Crippen LogP contribution in [0.15, 0.2) is 24.4 Å². The highest BCUT2D eigenvalue weighted by atomic mass is 19.1. The Bertz CT molecular complexity index is 795. The number of nitrogens with one attached hydrogen (secondary N) is 1. The van der Waals surface area contributed by atoms with Gasteiger partial charge in [0, 0.05) is 19.0 Å². The number of amides is 1. The van der Waals surface area contributed by atoms with Crippen LogP contribution in [0.4, 0.5) is 4.39 Å². The lowest BCUT2D eigenvalue weighted by Gasteiger charge is -2.32. The minimum absolute atomic E-state index is 0.134. The van der Waals surface area contributed by atoms with E-state index < -0.39 is 11.7 Å². The van der Waals surface area contributed by atoms with E-state index in [0.29, 0.717) is 17.7 Å². The number of primary amides is 1. The topological polar surface area (TPSA) is 98.8 Å². The van der Waals surface area contributed by atoms with Crippen molar-refractivity contribution in [2.24, 2.45) is 5.73 Å². The molecule has 1 unspecified atom stereocenters. The van der Waals surface area contributed by atoms with E-state index in [1.54, 1.807) is 6.07 Å². The van der Waals surface area contributed by atoms with E-state index in [9.17, 15) is 14.4 Å². The second-order valence-corrected chi connectivity index (χ2v) is 6.05. The molecule has 2 aromatic rings. The van der Waals surface area contributed by atoms with Crippen LogP contribution in [-0.4, -0.2) is 34.1 Å².